The van der Waals surface area contributed by atoms with Gasteiger partial charge in [0.2, 0.25) is 5.91 Å². The first-order chi connectivity index (χ1) is 10.1. The highest BCUT2D eigenvalue weighted by Crippen LogP contribution is 2.35. The molecule has 1 amide bonds. The average Bonchev–Trinajstić information content (AvgIpc) is 2.82. The van der Waals surface area contributed by atoms with Crippen molar-refractivity contribution in [1.82, 2.24) is 5.32 Å². The molecule has 0 radical (unpaired) electrons. The van der Waals surface area contributed by atoms with E-state index in [0.717, 1.165) is 29.0 Å². The lowest BCUT2D eigenvalue weighted by molar-refractivity contribution is -0.116. The first-order valence-corrected chi connectivity index (χ1v) is 7.17. The molecule has 114 valence electrons. The minimum absolute atomic E-state index is 0.0751. The fourth-order valence-corrected chi connectivity index (χ4v) is 2.27. The summed E-state index contributed by atoms with van der Waals surface area (Å²) in [6.07, 6.45) is 4.17. The lowest BCUT2D eigenvalue weighted by Gasteiger charge is -2.10. The van der Waals surface area contributed by atoms with Gasteiger partial charge in [-0.2, -0.15) is 0 Å². The number of amides is 1. The van der Waals surface area contributed by atoms with Crippen molar-refractivity contribution >= 4 is 12.0 Å². The van der Waals surface area contributed by atoms with Crippen LogP contribution in [0.3, 0.4) is 0 Å². The van der Waals surface area contributed by atoms with E-state index in [-0.39, 0.29) is 25.2 Å². The molecule has 2 rings (SSSR count). The number of carbonyl (C=O) groups excluding carboxylic acids is 1. The molecule has 0 aliphatic carbocycles. The number of aliphatic hydroxyl groups is 1. The van der Waals surface area contributed by atoms with Gasteiger partial charge in [0.25, 0.3) is 0 Å². The molecule has 1 aromatic carbocycles. The van der Waals surface area contributed by atoms with Crippen LogP contribution in [0.25, 0.3) is 6.08 Å². The van der Waals surface area contributed by atoms with Crippen molar-refractivity contribution in [3.8, 4) is 11.5 Å². The zero-order valence-corrected chi connectivity index (χ0v) is 12.4. The normalized spacial score (nSPS) is 16.6. The number of hydrogen-bond donors (Lipinski definition) is 2. The average molecular weight is 291 g/mol. The van der Waals surface area contributed by atoms with Crippen molar-refractivity contribution in [2.45, 2.75) is 26.4 Å². The predicted molar refractivity (Wildman–Crippen MR) is 80.5 cm³/mol. The summed E-state index contributed by atoms with van der Waals surface area (Å²) in [6.45, 7) is 4.68. The summed E-state index contributed by atoms with van der Waals surface area (Å²) in [5.41, 5.74) is 1.94. The Balaban J connectivity index is 2.19. The monoisotopic (exact) mass is 291 g/mol. The van der Waals surface area contributed by atoms with Gasteiger partial charge >= 0.3 is 0 Å². The second-order valence-electron chi connectivity index (χ2n) is 4.91. The summed E-state index contributed by atoms with van der Waals surface area (Å²) in [4.78, 5) is 11.5. The highest BCUT2D eigenvalue weighted by Gasteiger charge is 2.21. The van der Waals surface area contributed by atoms with Gasteiger partial charge in [-0.1, -0.05) is 0 Å². The second-order valence-corrected chi connectivity index (χ2v) is 4.91. The Labute approximate surface area is 124 Å². The number of hydrogen-bond acceptors (Lipinski definition) is 4. The summed E-state index contributed by atoms with van der Waals surface area (Å²) < 4.78 is 11.4. The van der Waals surface area contributed by atoms with Gasteiger partial charge < -0.3 is 19.9 Å². The Kier molecular flexibility index (Phi) is 5.22. The molecule has 0 saturated carbocycles. The molecule has 1 aliphatic heterocycles. The standard InChI is InChI=1S/C16H21NO4/c1-3-20-14-10-13-8-11(2)21-15(13)9-12(14)4-5-16(19)17-6-7-18/h4-5,9-11,18H,3,6-8H2,1-2H3,(H,17,19)/b5-4+. The van der Waals surface area contributed by atoms with Crippen LogP contribution in [-0.2, 0) is 11.2 Å². The van der Waals surface area contributed by atoms with E-state index in [1.807, 2.05) is 26.0 Å². The minimum atomic E-state index is -0.249. The van der Waals surface area contributed by atoms with Crippen LogP contribution >= 0.6 is 0 Å². The molecule has 1 unspecified atom stereocenters. The number of ether oxygens (including phenoxy) is 2. The Bertz CT molecular complexity index is 539. The van der Waals surface area contributed by atoms with Crippen LogP contribution in [0.2, 0.25) is 0 Å². The largest absolute Gasteiger partial charge is 0.493 e. The van der Waals surface area contributed by atoms with Crippen molar-refractivity contribution in [2.24, 2.45) is 0 Å². The summed E-state index contributed by atoms with van der Waals surface area (Å²) in [7, 11) is 0. The minimum Gasteiger partial charge on any atom is -0.493 e. The summed E-state index contributed by atoms with van der Waals surface area (Å²) in [5.74, 6) is 1.35. The highest BCUT2D eigenvalue weighted by molar-refractivity contribution is 5.92. The van der Waals surface area contributed by atoms with E-state index in [0.29, 0.717) is 6.61 Å². The van der Waals surface area contributed by atoms with Crippen LogP contribution in [0, 0.1) is 0 Å². The number of nitrogens with one attached hydrogen (secondary N) is 1. The van der Waals surface area contributed by atoms with E-state index in [9.17, 15) is 4.79 Å². The Morgan fingerprint density at radius 3 is 3.10 bits per heavy atom. The molecule has 2 N–H and O–H groups in total. The van der Waals surface area contributed by atoms with E-state index in [1.165, 1.54) is 6.08 Å². The number of benzene rings is 1. The smallest absolute Gasteiger partial charge is 0.244 e. The van der Waals surface area contributed by atoms with Crippen LogP contribution in [0.5, 0.6) is 11.5 Å². The number of aliphatic hydroxyl groups excluding tert-OH is 1. The third-order valence-electron chi connectivity index (χ3n) is 3.15. The first-order valence-electron chi connectivity index (χ1n) is 7.17. The molecule has 0 fully saturated rings. The Morgan fingerprint density at radius 1 is 1.57 bits per heavy atom. The molecule has 5 nitrogen and oxygen atoms in total. The molecule has 1 atom stereocenters. The van der Waals surface area contributed by atoms with Gasteiger partial charge in [-0.05, 0) is 32.1 Å². The Morgan fingerprint density at radius 2 is 2.38 bits per heavy atom. The van der Waals surface area contributed by atoms with Crippen molar-refractivity contribution in [3.63, 3.8) is 0 Å². The fourth-order valence-electron chi connectivity index (χ4n) is 2.27. The van der Waals surface area contributed by atoms with Crippen LogP contribution in [0.4, 0.5) is 0 Å². The highest BCUT2D eigenvalue weighted by atomic mass is 16.5. The van der Waals surface area contributed by atoms with Gasteiger partial charge in [-0.25, -0.2) is 0 Å². The molecular weight excluding hydrogens is 270 g/mol. The van der Waals surface area contributed by atoms with Gasteiger partial charge in [0, 0.05) is 30.2 Å². The van der Waals surface area contributed by atoms with Crippen molar-refractivity contribution in [1.29, 1.82) is 0 Å². The lowest BCUT2D eigenvalue weighted by atomic mass is 10.1. The zero-order valence-electron chi connectivity index (χ0n) is 12.4. The van der Waals surface area contributed by atoms with Gasteiger partial charge in [0.05, 0.1) is 13.2 Å². The number of rotatable bonds is 6. The third-order valence-corrected chi connectivity index (χ3v) is 3.15. The molecule has 5 heteroatoms. The number of carbonyl (C=O) groups is 1. The fraction of sp³-hybridized carbons (Fsp3) is 0.438. The maximum absolute atomic E-state index is 11.5. The SMILES string of the molecule is CCOc1cc2c(cc1/C=C/C(=O)NCCO)OC(C)C2. The van der Waals surface area contributed by atoms with Gasteiger partial charge in [-0.15, -0.1) is 0 Å². The molecule has 0 aromatic heterocycles. The molecule has 0 saturated heterocycles. The van der Waals surface area contributed by atoms with Crippen LogP contribution in [-0.4, -0.2) is 36.9 Å². The number of fused-ring (bicyclic) bond motifs is 1. The predicted octanol–water partition coefficient (Wildman–Crippen LogP) is 1.53. The molecule has 21 heavy (non-hydrogen) atoms. The molecule has 0 bridgehead atoms. The van der Waals surface area contributed by atoms with E-state index < -0.39 is 0 Å². The molecule has 1 aromatic rings. The van der Waals surface area contributed by atoms with Crippen molar-refractivity contribution in [2.75, 3.05) is 19.8 Å². The van der Waals surface area contributed by atoms with Gasteiger partial charge in [0.15, 0.2) is 0 Å². The summed E-state index contributed by atoms with van der Waals surface area (Å²) in [5, 5.41) is 11.2. The molecular formula is C16H21NO4. The van der Waals surface area contributed by atoms with E-state index in [4.69, 9.17) is 14.6 Å². The topological polar surface area (TPSA) is 67.8 Å². The summed E-state index contributed by atoms with van der Waals surface area (Å²) >= 11 is 0. The van der Waals surface area contributed by atoms with Crippen molar-refractivity contribution < 1.29 is 19.4 Å². The van der Waals surface area contributed by atoms with Gasteiger partial charge in [0.1, 0.15) is 17.6 Å². The van der Waals surface area contributed by atoms with Crippen LogP contribution in [0.15, 0.2) is 18.2 Å². The molecule has 1 aliphatic rings. The lowest BCUT2D eigenvalue weighted by Crippen LogP contribution is -2.24. The molecule has 0 spiro atoms. The maximum Gasteiger partial charge on any atom is 0.244 e. The third kappa shape index (κ3) is 3.98. The zero-order chi connectivity index (χ0) is 15.2. The van der Waals surface area contributed by atoms with Crippen molar-refractivity contribution in [3.05, 3.63) is 29.3 Å². The van der Waals surface area contributed by atoms with E-state index >= 15 is 0 Å². The van der Waals surface area contributed by atoms with Gasteiger partial charge in [-0.3, -0.25) is 4.79 Å². The first kappa shape index (κ1) is 15.4. The van der Waals surface area contributed by atoms with Crippen LogP contribution < -0.4 is 14.8 Å². The van der Waals surface area contributed by atoms with Crippen LogP contribution in [0.1, 0.15) is 25.0 Å². The second kappa shape index (κ2) is 7.13. The summed E-state index contributed by atoms with van der Waals surface area (Å²) in [6, 6.07) is 3.88. The van der Waals surface area contributed by atoms with E-state index in [1.54, 1.807) is 6.08 Å². The maximum atomic E-state index is 11.5. The quantitative estimate of drug-likeness (QED) is 0.780. The van der Waals surface area contributed by atoms with E-state index in [2.05, 4.69) is 5.32 Å². The Hall–Kier alpha value is -2.01. The molecule has 1 heterocycles.